The van der Waals surface area contributed by atoms with E-state index >= 15 is 0 Å². The fourth-order valence-electron chi connectivity index (χ4n) is 2.07. The standard InChI is InChI=1S/C14H15N5OS/c1-3-9-7-15-14(21-9)8(2)16-13(20)10-5-4-6-11-12(10)18-19-17-11/h4-8H,3H2,1-2H3,(H,16,20)(H,17,18,19)/t8-/m1/s1. The summed E-state index contributed by atoms with van der Waals surface area (Å²) in [5.74, 6) is -0.171. The molecule has 1 atom stereocenters. The van der Waals surface area contributed by atoms with Crippen LogP contribution in [-0.4, -0.2) is 26.3 Å². The lowest BCUT2D eigenvalue weighted by Gasteiger charge is -2.11. The lowest BCUT2D eigenvalue weighted by Crippen LogP contribution is -2.26. The van der Waals surface area contributed by atoms with E-state index in [1.54, 1.807) is 23.5 Å². The van der Waals surface area contributed by atoms with Crippen molar-refractivity contribution in [2.24, 2.45) is 0 Å². The number of hydrogen-bond donors (Lipinski definition) is 2. The largest absolute Gasteiger partial charge is 0.343 e. The highest BCUT2D eigenvalue weighted by molar-refractivity contribution is 7.11. The third-order valence-corrected chi connectivity index (χ3v) is 4.55. The van der Waals surface area contributed by atoms with Crippen molar-refractivity contribution in [3.05, 3.63) is 39.8 Å². The minimum atomic E-state index is -0.171. The number of H-pyrrole nitrogens is 1. The maximum Gasteiger partial charge on any atom is 0.254 e. The Morgan fingerprint density at radius 3 is 3.05 bits per heavy atom. The highest BCUT2D eigenvalue weighted by atomic mass is 32.1. The molecule has 0 aliphatic heterocycles. The molecule has 21 heavy (non-hydrogen) atoms. The van der Waals surface area contributed by atoms with Crippen molar-refractivity contribution in [3.63, 3.8) is 0 Å². The lowest BCUT2D eigenvalue weighted by molar-refractivity contribution is 0.0941. The van der Waals surface area contributed by atoms with Gasteiger partial charge in [-0.1, -0.05) is 13.0 Å². The van der Waals surface area contributed by atoms with Crippen LogP contribution in [0.5, 0.6) is 0 Å². The summed E-state index contributed by atoms with van der Waals surface area (Å²) < 4.78 is 0. The molecule has 0 aliphatic carbocycles. The van der Waals surface area contributed by atoms with Crippen LogP contribution in [0.4, 0.5) is 0 Å². The van der Waals surface area contributed by atoms with Crippen LogP contribution < -0.4 is 5.32 Å². The summed E-state index contributed by atoms with van der Waals surface area (Å²) in [6.45, 7) is 4.02. The fourth-order valence-corrected chi connectivity index (χ4v) is 2.93. The number of hydrogen-bond acceptors (Lipinski definition) is 5. The van der Waals surface area contributed by atoms with Crippen LogP contribution in [0.2, 0.25) is 0 Å². The molecular weight excluding hydrogens is 286 g/mol. The van der Waals surface area contributed by atoms with Gasteiger partial charge in [0.1, 0.15) is 16.0 Å². The molecule has 0 saturated heterocycles. The number of carbonyl (C=O) groups is 1. The number of para-hydroxylation sites is 1. The second-order valence-corrected chi connectivity index (χ2v) is 5.86. The van der Waals surface area contributed by atoms with Gasteiger partial charge in [0.2, 0.25) is 0 Å². The Kier molecular flexibility index (Phi) is 3.66. The van der Waals surface area contributed by atoms with Gasteiger partial charge in [0.25, 0.3) is 5.91 Å². The smallest absolute Gasteiger partial charge is 0.254 e. The maximum atomic E-state index is 12.4. The Balaban J connectivity index is 1.81. The molecule has 1 amide bonds. The number of nitrogens with one attached hydrogen (secondary N) is 2. The molecule has 2 N–H and O–H groups in total. The van der Waals surface area contributed by atoms with Crippen LogP contribution >= 0.6 is 11.3 Å². The van der Waals surface area contributed by atoms with Gasteiger partial charge in [0.05, 0.1) is 11.6 Å². The molecule has 7 heteroatoms. The summed E-state index contributed by atoms with van der Waals surface area (Å²) >= 11 is 1.62. The van der Waals surface area contributed by atoms with Crippen molar-refractivity contribution in [2.75, 3.05) is 0 Å². The van der Waals surface area contributed by atoms with Gasteiger partial charge in [0, 0.05) is 11.1 Å². The van der Waals surface area contributed by atoms with E-state index in [1.807, 2.05) is 19.2 Å². The second kappa shape index (κ2) is 5.61. The molecule has 108 valence electrons. The molecule has 6 nitrogen and oxygen atoms in total. The van der Waals surface area contributed by atoms with Gasteiger partial charge in [0.15, 0.2) is 0 Å². The van der Waals surface area contributed by atoms with E-state index in [0.717, 1.165) is 11.4 Å². The predicted molar refractivity (Wildman–Crippen MR) is 81.3 cm³/mol. The minimum Gasteiger partial charge on any atom is -0.343 e. The summed E-state index contributed by atoms with van der Waals surface area (Å²) in [6, 6.07) is 5.22. The predicted octanol–water partition coefficient (Wildman–Crippen LogP) is 2.47. The van der Waals surface area contributed by atoms with E-state index < -0.39 is 0 Å². The number of aromatic amines is 1. The van der Waals surface area contributed by atoms with Crippen LogP contribution in [0.25, 0.3) is 11.0 Å². The molecule has 0 aliphatic rings. The first-order chi connectivity index (χ1) is 10.2. The Bertz CT molecular complexity index is 778. The molecule has 1 aromatic carbocycles. The molecule has 2 heterocycles. The first kappa shape index (κ1) is 13.7. The van der Waals surface area contributed by atoms with Crippen LogP contribution in [0.3, 0.4) is 0 Å². The Labute approximate surface area is 125 Å². The van der Waals surface area contributed by atoms with E-state index in [4.69, 9.17) is 0 Å². The Hall–Kier alpha value is -2.28. The number of nitrogens with zero attached hydrogens (tertiary/aromatic N) is 3. The molecule has 0 spiro atoms. The third-order valence-electron chi connectivity index (χ3n) is 3.23. The van der Waals surface area contributed by atoms with E-state index in [-0.39, 0.29) is 11.9 Å². The van der Waals surface area contributed by atoms with Crippen LogP contribution in [0.1, 0.15) is 40.1 Å². The molecule has 3 rings (SSSR count). The maximum absolute atomic E-state index is 12.4. The van der Waals surface area contributed by atoms with Crippen LogP contribution in [0, 0.1) is 0 Å². The first-order valence-corrected chi connectivity index (χ1v) is 7.55. The van der Waals surface area contributed by atoms with Gasteiger partial charge in [-0.15, -0.1) is 11.3 Å². The summed E-state index contributed by atoms with van der Waals surface area (Å²) in [7, 11) is 0. The van der Waals surface area contributed by atoms with E-state index in [2.05, 4.69) is 32.6 Å². The number of amides is 1. The van der Waals surface area contributed by atoms with Gasteiger partial charge in [-0.25, -0.2) is 4.98 Å². The topological polar surface area (TPSA) is 83.6 Å². The molecule has 0 unspecified atom stereocenters. The van der Waals surface area contributed by atoms with E-state index in [1.165, 1.54) is 4.88 Å². The zero-order chi connectivity index (χ0) is 14.8. The number of thiazole rings is 1. The Morgan fingerprint density at radius 2 is 2.29 bits per heavy atom. The summed E-state index contributed by atoms with van der Waals surface area (Å²) in [6.07, 6.45) is 2.82. The second-order valence-electron chi connectivity index (χ2n) is 4.71. The van der Waals surface area contributed by atoms with Crippen molar-refractivity contribution in [1.29, 1.82) is 0 Å². The Morgan fingerprint density at radius 1 is 1.43 bits per heavy atom. The highest BCUT2D eigenvalue weighted by Crippen LogP contribution is 2.21. The summed E-state index contributed by atoms with van der Waals surface area (Å²) in [5, 5.41) is 14.4. The SMILES string of the molecule is CCc1cnc([C@@H](C)NC(=O)c2cccc3n[nH]nc23)s1. The van der Waals surface area contributed by atoms with E-state index in [9.17, 15) is 4.79 Å². The zero-order valence-electron chi connectivity index (χ0n) is 11.8. The summed E-state index contributed by atoms with van der Waals surface area (Å²) in [5.41, 5.74) is 1.77. The number of fused-ring (bicyclic) bond motifs is 1. The van der Waals surface area contributed by atoms with Crippen molar-refractivity contribution in [2.45, 2.75) is 26.3 Å². The molecule has 0 bridgehead atoms. The van der Waals surface area contributed by atoms with Crippen LogP contribution in [-0.2, 0) is 6.42 Å². The van der Waals surface area contributed by atoms with Gasteiger partial charge >= 0.3 is 0 Å². The van der Waals surface area contributed by atoms with Crippen molar-refractivity contribution in [1.82, 2.24) is 25.7 Å². The summed E-state index contributed by atoms with van der Waals surface area (Å²) in [4.78, 5) is 18.0. The average Bonchev–Trinajstić information content (AvgIpc) is 3.15. The van der Waals surface area contributed by atoms with Gasteiger partial charge < -0.3 is 5.32 Å². The number of rotatable bonds is 4. The molecule has 0 fully saturated rings. The number of aromatic nitrogens is 4. The normalized spacial score (nSPS) is 12.5. The van der Waals surface area contributed by atoms with Crippen LogP contribution in [0.15, 0.2) is 24.4 Å². The number of aryl methyl sites for hydroxylation is 1. The number of carbonyl (C=O) groups excluding carboxylic acids is 1. The highest BCUT2D eigenvalue weighted by Gasteiger charge is 2.17. The van der Waals surface area contributed by atoms with E-state index in [0.29, 0.717) is 16.6 Å². The zero-order valence-corrected chi connectivity index (χ0v) is 12.6. The molecule has 3 aromatic rings. The van der Waals surface area contributed by atoms with Crippen molar-refractivity contribution < 1.29 is 4.79 Å². The lowest BCUT2D eigenvalue weighted by atomic mass is 10.1. The quantitative estimate of drug-likeness (QED) is 0.775. The molecule has 2 aromatic heterocycles. The third kappa shape index (κ3) is 2.64. The van der Waals surface area contributed by atoms with Crippen molar-refractivity contribution >= 4 is 28.3 Å². The molecule has 0 radical (unpaired) electrons. The fraction of sp³-hybridized carbons (Fsp3) is 0.286. The van der Waals surface area contributed by atoms with Gasteiger partial charge in [-0.2, -0.15) is 15.4 Å². The first-order valence-electron chi connectivity index (χ1n) is 6.74. The molecular formula is C14H15N5OS. The average molecular weight is 301 g/mol. The van der Waals surface area contributed by atoms with Gasteiger partial charge in [-0.05, 0) is 25.5 Å². The monoisotopic (exact) mass is 301 g/mol. The van der Waals surface area contributed by atoms with Crippen molar-refractivity contribution in [3.8, 4) is 0 Å². The number of benzene rings is 1. The van der Waals surface area contributed by atoms with Gasteiger partial charge in [-0.3, -0.25) is 4.79 Å². The molecule has 0 saturated carbocycles. The minimum absolute atomic E-state index is 0.134.